The van der Waals surface area contributed by atoms with Crippen molar-refractivity contribution in [2.24, 2.45) is 0 Å². The van der Waals surface area contributed by atoms with E-state index >= 15 is 0 Å². The molecule has 18 heavy (non-hydrogen) atoms. The Kier molecular flexibility index (Phi) is 4.50. The number of carbonyl (C=O) groups excluding carboxylic acids is 2. The van der Waals surface area contributed by atoms with Crippen molar-refractivity contribution in [3.63, 3.8) is 0 Å². The molecule has 1 saturated heterocycles. The van der Waals surface area contributed by atoms with Gasteiger partial charge >= 0.3 is 5.97 Å². The van der Waals surface area contributed by atoms with Crippen LogP contribution >= 0.6 is 0 Å². The highest BCUT2D eigenvalue weighted by Gasteiger charge is 2.37. The molecule has 6 nitrogen and oxygen atoms in total. The molecule has 1 heterocycles. The molecule has 0 atom stereocenters. The Morgan fingerprint density at radius 2 is 1.94 bits per heavy atom. The average molecular weight is 275 g/mol. The van der Waals surface area contributed by atoms with Crippen LogP contribution in [0.4, 0.5) is 0 Å². The van der Waals surface area contributed by atoms with Crippen LogP contribution in [0.2, 0.25) is 0 Å². The van der Waals surface area contributed by atoms with E-state index in [1.165, 1.54) is 11.8 Å². The van der Waals surface area contributed by atoms with E-state index < -0.39 is 21.1 Å². The van der Waals surface area contributed by atoms with Gasteiger partial charge in [0.15, 0.2) is 9.84 Å². The van der Waals surface area contributed by atoms with Crippen molar-refractivity contribution in [3.05, 3.63) is 12.2 Å². The minimum Gasteiger partial charge on any atom is -0.466 e. The summed E-state index contributed by atoms with van der Waals surface area (Å²) in [6, 6.07) is 0. The quantitative estimate of drug-likeness (QED) is 0.510. The van der Waals surface area contributed by atoms with Crippen LogP contribution in [0.1, 0.15) is 13.3 Å². The number of rotatable bonds is 5. The van der Waals surface area contributed by atoms with E-state index in [1.807, 2.05) is 0 Å². The predicted octanol–water partition coefficient (Wildman–Crippen LogP) is -0.249. The highest BCUT2D eigenvalue weighted by molar-refractivity contribution is 7.91. The second kappa shape index (κ2) is 5.51. The molecule has 0 aliphatic carbocycles. The minimum absolute atomic E-state index is 0.114. The number of carbonyl (C=O) groups is 2. The zero-order valence-corrected chi connectivity index (χ0v) is 11.3. The molecule has 0 spiro atoms. The monoisotopic (exact) mass is 275 g/mol. The Morgan fingerprint density at radius 1 is 1.39 bits per heavy atom. The fourth-order valence-corrected chi connectivity index (χ4v) is 2.42. The molecule has 102 valence electrons. The number of esters is 1. The normalized spacial score (nSPS) is 16.0. The molecule has 1 rings (SSSR count). The lowest BCUT2D eigenvalue weighted by molar-refractivity contribution is -0.141. The van der Waals surface area contributed by atoms with E-state index in [0.29, 0.717) is 5.57 Å². The van der Waals surface area contributed by atoms with Crippen LogP contribution in [0.3, 0.4) is 0 Å². The van der Waals surface area contributed by atoms with Crippen LogP contribution in [0.25, 0.3) is 0 Å². The number of ether oxygens (including phenoxy) is 1. The second-order valence-electron chi connectivity index (χ2n) is 4.36. The molecule has 1 amide bonds. The van der Waals surface area contributed by atoms with Gasteiger partial charge in [0.1, 0.15) is 0 Å². The number of likely N-dealkylation sites (tertiary alicyclic amines) is 1. The van der Waals surface area contributed by atoms with E-state index in [0.717, 1.165) is 6.26 Å². The topological polar surface area (TPSA) is 80.8 Å². The first-order valence-electron chi connectivity index (χ1n) is 5.51. The molecular formula is C11H17NO5S. The lowest BCUT2D eigenvalue weighted by Crippen LogP contribution is -2.56. The largest absolute Gasteiger partial charge is 0.466 e. The summed E-state index contributed by atoms with van der Waals surface area (Å²) in [6.45, 7) is 5.44. The van der Waals surface area contributed by atoms with Crippen molar-refractivity contribution >= 4 is 21.7 Å². The van der Waals surface area contributed by atoms with E-state index in [1.54, 1.807) is 0 Å². The van der Waals surface area contributed by atoms with Crippen molar-refractivity contribution in [2.45, 2.75) is 18.6 Å². The minimum atomic E-state index is -3.08. The molecule has 0 bridgehead atoms. The van der Waals surface area contributed by atoms with Gasteiger partial charge in [-0.2, -0.15) is 0 Å². The van der Waals surface area contributed by atoms with Crippen LogP contribution in [-0.2, 0) is 24.2 Å². The van der Waals surface area contributed by atoms with Crippen molar-refractivity contribution in [3.8, 4) is 0 Å². The third-order valence-corrected chi connectivity index (χ3v) is 4.26. The van der Waals surface area contributed by atoms with Crippen molar-refractivity contribution in [1.82, 2.24) is 4.90 Å². The maximum absolute atomic E-state index is 11.8. The Labute approximate surface area is 107 Å². The van der Waals surface area contributed by atoms with Gasteiger partial charge in [-0.1, -0.05) is 6.58 Å². The molecule has 1 aliphatic rings. The summed E-state index contributed by atoms with van der Waals surface area (Å²) >= 11 is 0. The van der Waals surface area contributed by atoms with Gasteiger partial charge in [-0.25, -0.2) is 8.42 Å². The van der Waals surface area contributed by atoms with Gasteiger partial charge in [0, 0.05) is 38.3 Å². The van der Waals surface area contributed by atoms with E-state index in [9.17, 15) is 18.0 Å². The van der Waals surface area contributed by atoms with Gasteiger partial charge in [-0.3, -0.25) is 9.59 Å². The Balaban J connectivity index is 2.35. The Bertz CT molecular complexity index is 462. The third-order valence-electron chi connectivity index (χ3n) is 2.75. The Morgan fingerprint density at radius 3 is 2.39 bits per heavy atom. The summed E-state index contributed by atoms with van der Waals surface area (Å²) in [7, 11) is -3.08. The molecule has 0 radical (unpaired) electrons. The van der Waals surface area contributed by atoms with Gasteiger partial charge in [-0.15, -0.1) is 0 Å². The molecule has 1 aliphatic heterocycles. The van der Waals surface area contributed by atoms with Gasteiger partial charge in [0.05, 0.1) is 11.9 Å². The number of amides is 1. The van der Waals surface area contributed by atoms with E-state index in [2.05, 4.69) is 6.58 Å². The maximum atomic E-state index is 11.8. The lowest BCUT2D eigenvalue weighted by atomic mass is 10.1. The number of nitrogens with zero attached hydrogens (tertiary/aromatic N) is 1. The van der Waals surface area contributed by atoms with Crippen molar-refractivity contribution in [1.29, 1.82) is 0 Å². The smallest absolute Gasteiger partial charge is 0.302 e. The summed E-state index contributed by atoms with van der Waals surface area (Å²) in [5.41, 5.74) is 0.322. The molecule has 0 unspecified atom stereocenters. The molecule has 0 aromatic heterocycles. The third kappa shape index (κ3) is 3.83. The molecule has 0 aromatic rings. The first-order valence-corrected chi connectivity index (χ1v) is 7.46. The first-order chi connectivity index (χ1) is 8.21. The second-order valence-corrected chi connectivity index (χ2v) is 6.68. The summed E-state index contributed by atoms with van der Waals surface area (Å²) < 4.78 is 27.1. The SMILES string of the molecule is C=C(CCOC(C)=O)C(=O)N1CC(S(C)(=O)=O)C1. The lowest BCUT2D eigenvalue weighted by Gasteiger charge is -2.38. The fraction of sp³-hybridized carbons (Fsp3) is 0.636. The van der Waals surface area contributed by atoms with E-state index in [4.69, 9.17) is 4.74 Å². The fourth-order valence-electron chi connectivity index (χ4n) is 1.52. The molecular weight excluding hydrogens is 258 g/mol. The highest BCUT2D eigenvalue weighted by atomic mass is 32.2. The van der Waals surface area contributed by atoms with Crippen LogP contribution < -0.4 is 0 Å². The van der Waals surface area contributed by atoms with Crippen molar-refractivity contribution in [2.75, 3.05) is 26.0 Å². The first kappa shape index (κ1) is 14.7. The van der Waals surface area contributed by atoms with E-state index in [-0.39, 0.29) is 32.0 Å². The average Bonchev–Trinajstić information content (AvgIpc) is 2.11. The van der Waals surface area contributed by atoms with Crippen LogP contribution in [0, 0.1) is 0 Å². The van der Waals surface area contributed by atoms with Crippen LogP contribution in [0.15, 0.2) is 12.2 Å². The van der Waals surface area contributed by atoms with Crippen molar-refractivity contribution < 1.29 is 22.7 Å². The van der Waals surface area contributed by atoms with Crippen LogP contribution in [0.5, 0.6) is 0 Å². The van der Waals surface area contributed by atoms with Gasteiger partial charge in [0.2, 0.25) is 5.91 Å². The standard InChI is InChI=1S/C11H17NO5S/c1-8(4-5-17-9(2)13)11(14)12-6-10(7-12)18(3,15)16/h10H,1,4-7H2,2-3H3. The zero-order valence-electron chi connectivity index (χ0n) is 10.5. The molecule has 0 saturated carbocycles. The summed E-state index contributed by atoms with van der Waals surface area (Å²) in [5.74, 6) is -0.682. The van der Waals surface area contributed by atoms with Gasteiger partial charge in [0.25, 0.3) is 0 Å². The molecule has 0 N–H and O–H groups in total. The highest BCUT2D eigenvalue weighted by Crippen LogP contribution is 2.18. The van der Waals surface area contributed by atoms with Crippen LogP contribution in [-0.4, -0.2) is 56.4 Å². The molecule has 7 heteroatoms. The zero-order chi connectivity index (χ0) is 13.9. The summed E-state index contributed by atoms with van der Waals surface area (Å²) in [5, 5.41) is -0.470. The molecule has 0 aromatic carbocycles. The van der Waals surface area contributed by atoms with Gasteiger partial charge < -0.3 is 9.64 Å². The predicted molar refractivity (Wildman–Crippen MR) is 65.6 cm³/mol. The summed E-state index contributed by atoms with van der Waals surface area (Å²) in [4.78, 5) is 23.7. The maximum Gasteiger partial charge on any atom is 0.302 e. The number of hydrogen-bond donors (Lipinski definition) is 0. The Hall–Kier alpha value is -1.37. The summed E-state index contributed by atoms with van der Waals surface area (Å²) in [6.07, 6.45) is 1.42. The molecule has 1 fully saturated rings. The van der Waals surface area contributed by atoms with Gasteiger partial charge in [-0.05, 0) is 0 Å². The number of sulfone groups is 1. The number of hydrogen-bond acceptors (Lipinski definition) is 5.